The molecule has 0 aromatic heterocycles. The smallest absolute Gasteiger partial charge is 0.322 e. The third-order valence-corrected chi connectivity index (χ3v) is 1.81. The van der Waals surface area contributed by atoms with E-state index in [-0.39, 0.29) is 5.75 Å². The van der Waals surface area contributed by atoms with Gasteiger partial charge in [0.15, 0.2) is 0 Å². The molecule has 0 aromatic carbocycles. The van der Waals surface area contributed by atoms with Gasteiger partial charge < -0.3 is 37.6 Å². The van der Waals surface area contributed by atoms with E-state index >= 15 is 0 Å². The standard InChI is InChI=1S/C3H7NO3.C3H7NO2S.C3H7NO2/c4-2(1-5)3(6)7;4-2(1-7)3(5)6;1-2(4)3(5)6/h2,5H,1,4H2,(H,6,7);2,7H,1,4H2,(H,5,6);2H,4H2,1H3,(H,5,6)/t3*2-/m000/s1. The normalized spacial score (nSPS) is 13.5. The number of carbonyl (C=O) groups is 3. The number of aliphatic hydroxyl groups is 1. The highest BCUT2D eigenvalue weighted by atomic mass is 32.1. The summed E-state index contributed by atoms with van der Waals surface area (Å²) in [6.45, 7) is 0.914. The molecule has 0 spiro atoms. The summed E-state index contributed by atoms with van der Waals surface area (Å²) in [6.07, 6.45) is 0. The van der Waals surface area contributed by atoms with Crippen LogP contribution in [0.15, 0.2) is 0 Å². The Morgan fingerprint density at radius 2 is 1.25 bits per heavy atom. The molecule has 0 unspecified atom stereocenters. The highest BCUT2D eigenvalue weighted by molar-refractivity contribution is 7.80. The average molecular weight is 315 g/mol. The molecule has 0 bridgehead atoms. The number of aliphatic hydroxyl groups excluding tert-OH is 1. The van der Waals surface area contributed by atoms with E-state index in [1.54, 1.807) is 0 Å². The van der Waals surface area contributed by atoms with Gasteiger partial charge in [0.25, 0.3) is 0 Å². The maximum absolute atomic E-state index is 9.76. The number of carboxylic acid groups (broad SMARTS) is 3. The number of carboxylic acids is 3. The minimum absolute atomic E-state index is 0.190. The van der Waals surface area contributed by atoms with E-state index in [4.69, 9.17) is 37.6 Å². The molecule has 120 valence electrons. The number of nitrogens with two attached hydrogens (primary N) is 3. The van der Waals surface area contributed by atoms with Gasteiger partial charge in [0.1, 0.15) is 18.1 Å². The Bertz CT molecular complexity index is 281. The fourth-order valence-electron chi connectivity index (χ4n) is 0.156. The van der Waals surface area contributed by atoms with Crippen molar-refractivity contribution in [3.05, 3.63) is 0 Å². The summed E-state index contributed by atoms with van der Waals surface area (Å²) in [5, 5.41) is 31.8. The quantitative estimate of drug-likeness (QED) is 0.243. The number of hydrogen-bond acceptors (Lipinski definition) is 8. The SMILES string of the molecule is C[C@H](N)C(=O)O.N[C@@H](CO)C(=O)O.N[C@@H](CS)C(=O)O. The third-order valence-electron chi connectivity index (χ3n) is 1.42. The molecular formula is C9H21N3O7S. The summed E-state index contributed by atoms with van der Waals surface area (Å²) in [5.41, 5.74) is 14.5. The molecule has 3 atom stereocenters. The average Bonchev–Trinajstić information content (AvgIpc) is 2.37. The van der Waals surface area contributed by atoms with E-state index in [0.29, 0.717) is 0 Å². The largest absolute Gasteiger partial charge is 0.480 e. The summed E-state index contributed by atoms with van der Waals surface area (Å²) in [7, 11) is 0. The van der Waals surface area contributed by atoms with Crippen molar-refractivity contribution in [2.45, 2.75) is 25.0 Å². The molecule has 0 fully saturated rings. The first-order chi connectivity index (χ1) is 9.00. The Hall–Kier alpha value is -1.40. The number of hydrogen-bond donors (Lipinski definition) is 8. The second-order valence-electron chi connectivity index (χ2n) is 3.38. The molecule has 0 heterocycles. The molecule has 11 heteroatoms. The molecule has 10 N–H and O–H groups in total. The summed E-state index contributed by atoms with van der Waals surface area (Å²) in [6, 6.07) is -2.67. The van der Waals surface area contributed by atoms with Crippen LogP contribution in [-0.4, -0.2) is 68.8 Å². The second kappa shape index (κ2) is 14.0. The van der Waals surface area contributed by atoms with Crippen LogP contribution in [0.2, 0.25) is 0 Å². The first-order valence-corrected chi connectivity index (χ1v) is 5.81. The first-order valence-electron chi connectivity index (χ1n) is 5.18. The highest BCUT2D eigenvalue weighted by Gasteiger charge is 2.07. The third kappa shape index (κ3) is 19.0. The van der Waals surface area contributed by atoms with Crippen LogP contribution in [0.1, 0.15) is 6.92 Å². The summed E-state index contributed by atoms with van der Waals surface area (Å²) in [4.78, 5) is 29.0. The molecule has 0 rings (SSSR count). The van der Waals surface area contributed by atoms with Gasteiger partial charge in [-0.15, -0.1) is 0 Å². The predicted molar refractivity (Wildman–Crippen MR) is 73.4 cm³/mol. The van der Waals surface area contributed by atoms with Crippen molar-refractivity contribution in [1.29, 1.82) is 0 Å². The van der Waals surface area contributed by atoms with Gasteiger partial charge in [-0.3, -0.25) is 14.4 Å². The van der Waals surface area contributed by atoms with Gasteiger partial charge in [0, 0.05) is 5.75 Å². The molecule has 0 saturated carbocycles. The predicted octanol–water partition coefficient (Wildman–Crippen LogP) is -2.86. The van der Waals surface area contributed by atoms with E-state index in [0.717, 1.165) is 0 Å². The van der Waals surface area contributed by atoms with Crippen LogP contribution in [-0.2, 0) is 14.4 Å². The van der Waals surface area contributed by atoms with Crippen LogP contribution in [0, 0.1) is 0 Å². The molecule has 0 aliphatic heterocycles. The molecule has 0 saturated heterocycles. The lowest BCUT2D eigenvalue weighted by Crippen LogP contribution is -2.33. The fraction of sp³-hybridized carbons (Fsp3) is 0.667. The van der Waals surface area contributed by atoms with E-state index in [1.165, 1.54) is 6.92 Å². The van der Waals surface area contributed by atoms with Gasteiger partial charge in [-0.25, -0.2) is 0 Å². The molecular weight excluding hydrogens is 294 g/mol. The second-order valence-corrected chi connectivity index (χ2v) is 3.75. The fourth-order valence-corrected chi connectivity index (χ4v) is 0.312. The molecule has 0 aromatic rings. The zero-order valence-electron chi connectivity index (χ0n) is 10.8. The van der Waals surface area contributed by atoms with Crippen molar-refractivity contribution in [1.82, 2.24) is 0 Å². The minimum atomic E-state index is -1.18. The van der Waals surface area contributed by atoms with Crippen molar-refractivity contribution in [3.8, 4) is 0 Å². The maximum atomic E-state index is 9.76. The Morgan fingerprint density at radius 3 is 1.25 bits per heavy atom. The molecule has 0 amide bonds. The van der Waals surface area contributed by atoms with Crippen molar-refractivity contribution in [2.24, 2.45) is 17.2 Å². The van der Waals surface area contributed by atoms with Crippen molar-refractivity contribution in [3.63, 3.8) is 0 Å². The molecule has 0 aliphatic carbocycles. The lowest BCUT2D eigenvalue weighted by molar-refractivity contribution is -0.140. The zero-order valence-corrected chi connectivity index (χ0v) is 11.7. The molecule has 0 radical (unpaired) electrons. The zero-order chi connectivity index (χ0) is 16.9. The van der Waals surface area contributed by atoms with E-state index < -0.39 is 42.6 Å². The van der Waals surface area contributed by atoms with Gasteiger partial charge in [-0.1, -0.05) is 0 Å². The van der Waals surface area contributed by atoms with E-state index in [1.807, 2.05) is 0 Å². The van der Waals surface area contributed by atoms with Crippen molar-refractivity contribution >= 4 is 30.5 Å². The van der Waals surface area contributed by atoms with Crippen molar-refractivity contribution < 1.29 is 34.8 Å². The van der Waals surface area contributed by atoms with Crippen LogP contribution < -0.4 is 17.2 Å². The monoisotopic (exact) mass is 315 g/mol. The van der Waals surface area contributed by atoms with Gasteiger partial charge >= 0.3 is 17.9 Å². The van der Waals surface area contributed by atoms with Gasteiger partial charge in [-0.2, -0.15) is 12.6 Å². The first kappa shape index (κ1) is 23.7. The molecule has 10 nitrogen and oxygen atoms in total. The van der Waals surface area contributed by atoms with Gasteiger partial charge in [0.05, 0.1) is 6.61 Å². The van der Waals surface area contributed by atoms with Crippen molar-refractivity contribution in [2.75, 3.05) is 12.4 Å². The van der Waals surface area contributed by atoms with Crippen LogP contribution >= 0.6 is 12.6 Å². The Morgan fingerprint density at radius 1 is 0.950 bits per heavy atom. The summed E-state index contributed by atoms with van der Waals surface area (Å²) in [5.74, 6) is -2.96. The minimum Gasteiger partial charge on any atom is -0.480 e. The summed E-state index contributed by atoms with van der Waals surface area (Å²) >= 11 is 3.65. The molecule has 20 heavy (non-hydrogen) atoms. The lowest BCUT2D eigenvalue weighted by Gasteiger charge is -1.96. The number of aliphatic carboxylic acids is 3. The lowest BCUT2D eigenvalue weighted by atomic mass is 10.3. The van der Waals surface area contributed by atoms with E-state index in [2.05, 4.69) is 12.6 Å². The topological polar surface area (TPSA) is 210 Å². The summed E-state index contributed by atoms with van der Waals surface area (Å²) < 4.78 is 0. The van der Waals surface area contributed by atoms with Crippen LogP contribution in [0.3, 0.4) is 0 Å². The Kier molecular flexibility index (Phi) is 16.6. The molecule has 0 aliphatic rings. The number of thiol groups is 1. The van der Waals surface area contributed by atoms with Gasteiger partial charge in [0.2, 0.25) is 0 Å². The van der Waals surface area contributed by atoms with Gasteiger partial charge in [-0.05, 0) is 6.92 Å². The van der Waals surface area contributed by atoms with E-state index in [9.17, 15) is 14.4 Å². The van der Waals surface area contributed by atoms with Crippen LogP contribution in [0.25, 0.3) is 0 Å². The number of rotatable bonds is 5. The Labute approximate surface area is 121 Å². The Balaban J connectivity index is -0.000000218. The van der Waals surface area contributed by atoms with Crippen LogP contribution in [0.5, 0.6) is 0 Å². The highest BCUT2D eigenvalue weighted by Crippen LogP contribution is 1.80. The van der Waals surface area contributed by atoms with Crippen LogP contribution in [0.4, 0.5) is 0 Å². The maximum Gasteiger partial charge on any atom is 0.322 e.